The summed E-state index contributed by atoms with van der Waals surface area (Å²) in [5.41, 5.74) is 2.79. The average Bonchev–Trinajstić information content (AvgIpc) is 2.53. The van der Waals surface area contributed by atoms with Crippen molar-refractivity contribution < 1.29 is 9.90 Å². The van der Waals surface area contributed by atoms with Gasteiger partial charge in [0.15, 0.2) is 0 Å². The number of aromatic nitrogens is 1. The topological polar surface area (TPSA) is 62.2 Å². The highest BCUT2D eigenvalue weighted by molar-refractivity contribution is 7.07. The summed E-state index contributed by atoms with van der Waals surface area (Å²) < 4.78 is 0. The molecule has 5 heteroatoms. The van der Waals surface area contributed by atoms with Gasteiger partial charge in [-0.2, -0.15) is 0 Å². The van der Waals surface area contributed by atoms with Crippen molar-refractivity contribution in [2.75, 3.05) is 6.54 Å². The summed E-state index contributed by atoms with van der Waals surface area (Å²) in [6.45, 7) is 1.95. The molecule has 1 aromatic heterocycles. The molecule has 1 aromatic rings. The van der Waals surface area contributed by atoms with Crippen molar-refractivity contribution in [3.8, 4) is 0 Å². The molecule has 0 fully saturated rings. The molecule has 0 aliphatic heterocycles. The minimum absolute atomic E-state index is 0.00526. The first-order valence-electron chi connectivity index (χ1n) is 4.00. The SMILES string of the molecule is CC(Cc1cscn1)NCC(=O)O. The molecule has 1 unspecified atom stereocenters. The second-order valence-electron chi connectivity index (χ2n) is 2.86. The van der Waals surface area contributed by atoms with Crippen LogP contribution in [-0.4, -0.2) is 28.6 Å². The maximum Gasteiger partial charge on any atom is 0.317 e. The molecule has 0 aliphatic rings. The monoisotopic (exact) mass is 200 g/mol. The molecule has 0 spiro atoms. The number of carboxylic acids is 1. The van der Waals surface area contributed by atoms with Gasteiger partial charge >= 0.3 is 5.97 Å². The number of rotatable bonds is 5. The lowest BCUT2D eigenvalue weighted by Gasteiger charge is -2.09. The molecule has 72 valence electrons. The fourth-order valence-corrected chi connectivity index (χ4v) is 1.56. The van der Waals surface area contributed by atoms with Crippen LogP contribution in [0, 0.1) is 0 Å². The van der Waals surface area contributed by atoms with E-state index in [1.165, 1.54) is 0 Å². The van der Waals surface area contributed by atoms with Crippen LogP contribution in [0.1, 0.15) is 12.6 Å². The molecule has 0 aromatic carbocycles. The van der Waals surface area contributed by atoms with Gasteiger partial charge in [0.25, 0.3) is 0 Å². The number of carbonyl (C=O) groups is 1. The fourth-order valence-electron chi connectivity index (χ4n) is 0.986. The second kappa shape index (κ2) is 4.94. The van der Waals surface area contributed by atoms with E-state index in [-0.39, 0.29) is 12.6 Å². The van der Waals surface area contributed by atoms with Gasteiger partial charge in [-0.3, -0.25) is 4.79 Å². The van der Waals surface area contributed by atoms with Gasteiger partial charge in [-0.1, -0.05) is 0 Å². The van der Waals surface area contributed by atoms with E-state index in [1.54, 1.807) is 16.8 Å². The molecule has 0 bridgehead atoms. The van der Waals surface area contributed by atoms with Crippen molar-refractivity contribution in [3.05, 3.63) is 16.6 Å². The Labute approximate surface area is 80.6 Å². The first kappa shape index (κ1) is 10.1. The Kier molecular flexibility index (Phi) is 3.85. The van der Waals surface area contributed by atoms with Crippen molar-refractivity contribution in [1.82, 2.24) is 10.3 Å². The van der Waals surface area contributed by atoms with Gasteiger partial charge in [0.05, 0.1) is 17.7 Å². The van der Waals surface area contributed by atoms with E-state index in [0.717, 1.165) is 12.1 Å². The van der Waals surface area contributed by atoms with Crippen molar-refractivity contribution >= 4 is 17.3 Å². The van der Waals surface area contributed by atoms with Crippen molar-refractivity contribution in [1.29, 1.82) is 0 Å². The highest BCUT2D eigenvalue weighted by Gasteiger charge is 2.05. The Morgan fingerprint density at radius 2 is 2.62 bits per heavy atom. The summed E-state index contributed by atoms with van der Waals surface area (Å²) in [6, 6.07) is 0.151. The standard InChI is InChI=1S/C8H12N2O2S/c1-6(9-3-8(11)12)2-7-4-13-5-10-7/h4-6,9H,2-3H2,1H3,(H,11,12). The van der Waals surface area contributed by atoms with Gasteiger partial charge in [0.2, 0.25) is 0 Å². The van der Waals surface area contributed by atoms with E-state index in [4.69, 9.17) is 5.11 Å². The van der Waals surface area contributed by atoms with E-state index >= 15 is 0 Å². The Hall–Kier alpha value is -0.940. The van der Waals surface area contributed by atoms with E-state index < -0.39 is 5.97 Å². The minimum atomic E-state index is -0.829. The van der Waals surface area contributed by atoms with Gasteiger partial charge in [-0.05, 0) is 6.92 Å². The Bertz CT molecular complexity index is 261. The van der Waals surface area contributed by atoms with Crippen LogP contribution in [0.3, 0.4) is 0 Å². The molecule has 0 radical (unpaired) electrons. The zero-order valence-electron chi connectivity index (χ0n) is 7.36. The van der Waals surface area contributed by atoms with E-state index in [1.807, 2.05) is 12.3 Å². The maximum absolute atomic E-state index is 10.2. The van der Waals surface area contributed by atoms with Crippen LogP contribution < -0.4 is 5.32 Å². The first-order valence-corrected chi connectivity index (χ1v) is 4.95. The number of hydrogen-bond donors (Lipinski definition) is 2. The number of hydrogen-bond acceptors (Lipinski definition) is 4. The lowest BCUT2D eigenvalue weighted by Crippen LogP contribution is -2.32. The molecular weight excluding hydrogens is 188 g/mol. The predicted octanol–water partition coefficient (Wildman–Crippen LogP) is 0.748. The average molecular weight is 200 g/mol. The quantitative estimate of drug-likeness (QED) is 0.736. The summed E-state index contributed by atoms with van der Waals surface area (Å²) in [5, 5.41) is 13.3. The maximum atomic E-state index is 10.2. The normalized spacial score (nSPS) is 12.7. The number of nitrogens with zero attached hydrogens (tertiary/aromatic N) is 1. The van der Waals surface area contributed by atoms with Crippen LogP contribution in [0.15, 0.2) is 10.9 Å². The first-order chi connectivity index (χ1) is 6.18. The fraction of sp³-hybridized carbons (Fsp3) is 0.500. The van der Waals surface area contributed by atoms with Crippen LogP contribution in [0.25, 0.3) is 0 Å². The molecule has 1 rings (SSSR count). The summed E-state index contributed by atoms with van der Waals surface area (Å²) in [7, 11) is 0. The zero-order chi connectivity index (χ0) is 9.68. The van der Waals surface area contributed by atoms with Gasteiger partial charge in [0.1, 0.15) is 0 Å². The third-order valence-electron chi connectivity index (χ3n) is 1.60. The Morgan fingerprint density at radius 1 is 1.85 bits per heavy atom. The number of thiazole rings is 1. The summed E-state index contributed by atoms with van der Waals surface area (Å²) in [6.07, 6.45) is 0.775. The van der Waals surface area contributed by atoms with Gasteiger partial charge in [-0.25, -0.2) is 4.98 Å². The Balaban J connectivity index is 2.25. The summed E-state index contributed by atoms with van der Waals surface area (Å²) >= 11 is 1.55. The molecule has 1 heterocycles. The van der Waals surface area contributed by atoms with E-state index in [2.05, 4.69) is 10.3 Å². The van der Waals surface area contributed by atoms with Gasteiger partial charge in [-0.15, -0.1) is 11.3 Å². The molecule has 0 saturated carbocycles. The van der Waals surface area contributed by atoms with E-state index in [9.17, 15) is 4.79 Å². The minimum Gasteiger partial charge on any atom is -0.480 e. The van der Waals surface area contributed by atoms with Gasteiger partial charge in [0, 0.05) is 17.8 Å². The smallest absolute Gasteiger partial charge is 0.317 e. The van der Waals surface area contributed by atoms with Crippen molar-refractivity contribution in [3.63, 3.8) is 0 Å². The number of nitrogens with one attached hydrogen (secondary N) is 1. The lowest BCUT2D eigenvalue weighted by atomic mass is 10.2. The molecule has 1 atom stereocenters. The third kappa shape index (κ3) is 4.00. The van der Waals surface area contributed by atoms with Crippen molar-refractivity contribution in [2.24, 2.45) is 0 Å². The molecule has 0 saturated heterocycles. The summed E-state index contributed by atoms with van der Waals surface area (Å²) in [4.78, 5) is 14.3. The predicted molar refractivity (Wildman–Crippen MR) is 50.9 cm³/mol. The molecule has 0 amide bonds. The van der Waals surface area contributed by atoms with Crippen molar-refractivity contribution in [2.45, 2.75) is 19.4 Å². The van der Waals surface area contributed by atoms with Crippen LogP contribution >= 0.6 is 11.3 Å². The largest absolute Gasteiger partial charge is 0.480 e. The molecule has 0 aliphatic carbocycles. The van der Waals surface area contributed by atoms with Crippen LogP contribution in [0.4, 0.5) is 0 Å². The zero-order valence-corrected chi connectivity index (χ0v) is 8.17. The van der Waals surface area contributed by atoms with E-state index in [0.29, 0.717) is 0 Å². The summed E-state index contributed by atoms with van der Waals surface area (Å²) in [5.74, 6) is -0.829. The molecular formula is C8H12N2O2S. The number of aliphatic carboxylic acids is 1. The Morgan fingerprint density at radius 3 is 3.15 bits per heavy atom. The van der Waals surface area contributed by atoms with Crippen LogP contribution in [0.2, 0.25) is 0 Å². The second-order valence-corrected chi connectivity index (χ2v) is 3.58. The van der Waals surface area contributed by atoms with Crippen LogP contribution in [-0.2, 0) is 11.2 Å². The number of carboxylic acid groups (broad SMARTS) is 1. The highest BCUT2D eigenvalue weighted by atomic mass is 32.1. The molecule has 13 heavy (non-hydrogen) atoms. The lowest BCUT2D eigenvalue weighted by molar-refractivity contribution is -0.136. The molecule has 2 N–H and O–H groups in total. The highest BCUT2D eigenvalue weighted by Crippen LogP contribution is 2.03. The van der Waals surface area contributed by atoms with Crippen LogP contribution in [0.5, 0.6) is 0 Å². The molecule has 4 nitrogen and oxygen atoms in total. The third-order valence-corrected chi connectivity index (χ3v) is 2.24. The van der Waals surface area contributed by atoms with Gasteiger partial charge < -0.3 is 10.4 Å².